The molecule has 2 saturated heterocycles. The Morgan fingerprint density at radius 2 is 1.77 bits per heavy atom. The molecular weight excluding hydrogens is 463 g/mol. The molecule has 2 fully saturated rings. The summed E-state index contributed by atoms with van der Waals surface area (Å²) in [6.07, 6.45) is -3.28. The molecule has 0 saturated carbocycles. The molecule has 4 rings (SSSR count). The highest BCUT2D eigenvalue weighted by atomic mass is 19.4. The van der Waals surface area contributed by atoms with Crippen LogP contribution in [0.2, 0.25) is 0 Å². The van der Waals surface area contributed by atoms with Gasteiger partial charge in [-0.1, -0.05) is 24.3 Å². The van der Waals surface area contributed by atoms with Crippen molar-refractivity contribution in [3.8, 4) is 0 Å². The molecule has 0 aliphatic carbocycles. The number of para-hydroxylation sites is 1. The number of nitrogens with one attached hydrogen (secondary N) is 3. The van der Waals surface area contributed by atoms with Crippen LogP contribution in [0, 0.1) is 11.3 Å². The summed E-state index contributed by atoms with van der Waals surface area (Å²) in [7, 11) is 0. The van der Waals surface area contributed by atoms with Gasteiger partial charge < -0.3 is 25.4 Å². The van der Waals surface area contributed by atoms with E-state index in [4.69, 9.17) is 9.47 Å². The quantitative estimate of drug-likeness (QED) is 0.525. The molecule has 35 heavy (non-hydrogen) atoms. The summed E-state index contributed by atoms with van der Waals surface area (Å²) < 4.78 is 50.4. The van der Waals surface area contributed by atoms with E-state index in [2.05, 4.69) is 16.0 Å². The number of benzene rings is 2. The Hall–Kier alpha value is -3.11. The Morgan fingerprint density at radius 1 is 1.00 bits per heavy atom. The molecule has 7 nitrogen and oxygen atoms in total. The van der Waals surface area contributed by atoms with Crippen molar-refractivity contribution in [2.24, 2.45) is 11.3 Å². The average Bonchev–Trinajstić information content (AvgIpc) is 3.55. The fourth-order valence-electron chi connectivity index (χ4n) is 4.22. The number of hydrogen-bond donors (Lipinski definition) is 3. The molecule has 2 amide bonds. The summed E-state index contributed by atoms with van der Waals surface area (Å²) in [4.78, 5) is 25.4. The molecular formula is C25H28F3N3O4. The first-order valence-electron chi connectivity index (χ1n) is 11.5. The second kappa shape index (κ2) is 10.7. The number of alkyl halides is 3. The van der Waals surface area contributed by atoms with Gasteiger partial charge >= 0.3 is 6.18 Å². The van der Waals surface area contributed by atoms with Crippen LogP contribution in [-0.4, -0.2) is 44.8 Å². The molecule has 0 aromatic heterocycles. The van der Waals surface area contributed by atoms with Crippen molar-refractivity contribution in [1.82, 2.24) is 10.6 Å². The largest absolute Gasteiger partial charge is 0.418 e. The highest BCUT2D eigenvalue weighted by molar-refractivity contribution is 5.85. The fraction of sp³-hybridized carbons (Fsp3) is 0.440. The lowest BCUT2D eigenvalue weighted by Gasteiger charge is -2.27. The zero-order valence-corrected chi connectivity index (χ0v) is 19.1. The number of rotatable bonds is 8. The van der Waals surface area contributed by atoms with Gasteiger partial charge in [-0.05, 0) is 42.7 Å². The van der Waals surface area contributed by atoms with E-state index in [1.165, 1.54) is 18.2 Å². The van der Waals surface area contributed by atoms with Gasteiger partial charge in [0.05, 0.1) is 35.8 Å². The second-order valence-electron chi connectivity index (χ2n) is 8.91. The molecule has 188 valence electrons. The second-order valence-corrected chi connectivity index (χ2v) is 8.91. The number of carbonyl (C=O) groups excluding carboxylic acids is 2. The van der Waals surface area contributed by atoms with Crippen LogP contribution in [0.4, 0.5) is 24.5 Å². The highest BCUT2D eigenvalue weighted by Crippen LogP contribution is 2.36. The Balaban J connectivity index is 1.33. The topological polar surface area (TPSA) is 88.7 Å². The SMILES string of the molecule is O=C(NC[C@@]1(C(=O)NCc2ccc(Nc3ccccc3C(F)(F)F)cc2)CCOC1)C1CCOC1. The van der Waals surface area contributed by atoms with E-state index in [-0.39, 0.29) is 43.1 Å². The zero-order chi connectivity index (χ0) is 24.9. The van der Waals surface area contributed by atoms with Gasteiger partial charge in [-0.15, -0.1) is 0 Å². The molecule has 1 unspecified atom stereocenters. The van der Waals surface area contributed by atoms with Crippen molar-refractivity contribution in [2.45, 2.75) is 25.6 Å². The summed E-state index contributed by atoms with van der Waals surface area (Å²) in [5, 5.41) is 8.59. The minimum Gasteiger partial charge on any atom is -0.381 e. The van der Waals surface area contributed by atoms with Crippen LogP contribution < -0.4 is 16.0 Å². The van der Waals surface area contributed by atoms with E-state index in [1.54, 1.807) is 24.3 Å². The van der Waals surface area contributed by atoms with Crippen LogP contribution in [0.15, 0.2) is 48.5 Å². The smallest absolute Gasteiger partial charge is 0.381 e. The van der Waals surface area contributed by atoms with Crippen LogP contribution in [-0.2, 0) is 31.8 Å². The van der Waals surface area contributed by atoms with Crippen LogP contribution in [0.25, 0.3) is 0 Å². The fourth-order valence-corrected chi connectivity index (χ4v) is 4.22. The number of anilines is 2. The number of ether oxygens (including phenoxy) is 2. The minimum atomic E-state index is -4.46. The molecule has 3 N–H and O–H groups in total. The molecule has 0 bridgehead atoms. The van der Waals surface area contributed by atoms with E-state index in [0.717, 1.165) is 11.6 Å². The third-order valence-electron chi connectivity index (χ3n) is 6.40. The first-order chi connectivity index (χ1) is 16.8. The Bertz CT molecular complexity index is 1030. The summed E-state index contributed by atoms with van der Waals surface area (Å²) >= 11 is 0. The van der Waals surface area contributed by atoms with Gasteiger partial charge in [0, 0.05) is 32.0 Å². The standard InChI is InChI=1S/C25H28F3N3O4/c26-25(27,28)20-3-1-2-4-21(20)31-19-7-5-17(6-8-19)13-29-23(33)24(10-12-35-16-24)15-30-22(32)18-9-11-34-14-18/h1-8,18,31H,9-16H2,(H,29,33)(H,30,32)/t18?,24-/m0/s1. The van der Waals surface area contributed by atoms with Gasteiger partial charge in [-0.3, -0.25) is 9.59 Å². The highest BCUT2D eigenvalue weighted by Gasteiger charge is 2.43. The van der Waals surface area contributed by atoms with Crippen molar-refractivity contribution in [2.75, 3.05) is 38.3 Å². The van der Waals surface area contributed by atoms with Gasteiger partial charge in [-0.2, -0.15) is 13.2 Å². The van der Waals surface area contributed by atoms with Crippen molar-refractivity contribution < 1.29 is 32.2 Å². The maximum absolute atomic E-state index is 13.2. The number of carbonyl (C=O) groups is 2. The molecule has 2 aliphatic rings. The lowest BCUT2D eigenvalue weighted by Crippen LogP contribution is -2.49. The summed E-state index contributed by atoms with van der Waals surface area (Å²) in [6.45, 7) is 2.06. The summed E-state index contributed by atoms with van der Waals surface area (Å²) in [5.41, 5.74) is -0.327. The molecule has 2 aromatic carbocycles. The number of amides is 2. The van der Waals surface area contributed by atoms with Crippen LogP contribution >= 0.6 is 0 Å². The van der Waals surface area contributed by atoms with E-state index >= 15 is 0 Å². The van der Waals surface area contributed by atoms with Crippen molar-refractivity contribution in [1.29, 1.82) is 0 Å². The normalized spacial score (nSPS) is 22.1. The molecule has 10 heteroatoms. The van der Waals surface area contributed by atoms with Crippen LogP contribution in [0.1, 0.15) is 24.0 Å². The lowest BCUT2D eigenvalue weighted by molar-refractivity contribution is -0.137. The van der Waals surface area contributed by atoms with Gasteiger partial charge in [0.1, 0.15) is 0 Å². The van der Waals surface area contributed by atoms with E-state index in [0.29, 0.717) is 38.3 Å². The van der Waals surface area contributed by atoms with Crippen molar-refractivity contribution in [3.05, 3.63) is 59.7 Å². The van der Waals surface area contributed by atoms with E-state index in [1.807, 2.05) is 0 Å². The minimum absolute atomic E-state index is 0.0320. The van der Waals surface area contributed by atoms with Crippen molar-refractivity contribution >= 4 is 23.2 Å². The van der Waals surface area contributed by atoms with Gasteiger partial charge in [0.2, 0.25) is 11.8 Å². The Kier molecular flexibility index (Phi) is 7.61. The summed E-state index contributed by atoms with van der Waals surface area (Å²) in [6, 6.07) is 12.1. The number of hydrogen-bond acceptors (Lipinski definition) is 5. The van der Waals surface area contributed by atoms with E-state index < -0.39 is 17.2 Å². The molecule has 0 radical (unpaired) electrons. The van der Waals surface area contributed by atoms with Crippen LogP contribution in [0.3, 0.4) is 0 Å². The molecule has 2 atom stereocenters. The monoisotopic (exact) mass is 491 g/mol. The molecule has 2 heterocycles. The maximum Gasteiger partial charge on any atom is 0.418 e. The van der Waals surface area contributed by atoms with E-state index in [9.17, 15) is 22.8 Å². The predicted molar refractivity (Wildman–Crippen MR) is 123 cm³/mol. The summed E-state index contributed by atoms with van der Waals surface area (Å²) in [5.74, 6) is -0.510. The van der Waals surface area contributed by atoms with Crippen molar-refractivity contribution in [3.63, 3.8) is 0 Å². The third-order valence-corrected chi connectivity index (χ3v) is 6.40. The maximum atomic E-state index is 13.2. The molecule has 2 aromatic rings. The van der Waals surface area contributed by atoms with Gasteiger partial charge in [0.15, 0.2) is 0 Å². The van der Waals surface area contributed by atoms with Crippen LogP contribution in [0.5, 0.6) is 0 Å². The first kappa shape index (κ1) is 25.0. The Morgan fingerprint density at radius 3 is 2.43 bits per heavy atom. The van der Waals surface area contributed by atoms with Gasteiger partial charge in [0.25, 0.3) is 0 Å². The third kappa shape index (κ3) is 6.12. The Labute approximate surface area is 201 Å². The molecule has 2 aliphatic heterocycles. The average molecular weight is 492 g/mol. The number of halogens is 3. The lowest BCUT2D eigenvalue weighted by atomic mass is 9.85. The zero-order valence-electron chi connectivity index (χ0n) is 19.1. The molecule has 0 spiro atoms. The predicted octanol–water partition coefficient (Wildman–Crippen LogP) is 3.62. The first-order valence-corrected chi connectivity index (χ1v) is 11.5. The van der Waals surface area contributed by atoms with Gasteiger partial charge in [-0.25, -0.2) is 0 Å².